The minimum absolute atomic E-state index is 0.157. The maximum atomic E-state index is 11.9. The van der Waals surface area contributed by atoms with E-state index in [-0.39, 0.29) is 17.1 Å². The molecule has 102 valence electrons. The van der Waals surface area contributed by atoms with Crippen LogP contribution in [0, 0.1) is 17.8 Å². The van der Waals surface area contributed by atoms with E-state index >= 15 is 0 Å². The Morgan fingerprint density at radius 1 is 1.33 bits per heavy atom. The quantitative estimate of drug-likeness (QED) is 0.583. The van der Waals surface area contributed by atoms with Crippen LogP contribution in [-0.2, 0) is 14.0 Å². The van der Waals surface area contributed by atoms with Crippen molar-refractivity contribution in [2.45, 2.75) is 57.5 Å². The smallest absolute Gasteiger partial charge is 0.191 e. The van der Waals surface area contributed by atoms with Gasteiger partial charge in [-0.3, -0.25) is 4.79 Å². The minimum atomic E-state index is -1.69. The van der Waals surface area contributed by atoms with E-state index in [1.807, 2.05) is 0 Å². The fourth-order valence-corrected chi connectivity index (χ4v) is 4.37. The van der Waals surface area contributed by atoms with Crippen molar-refractivity contribution in [2.24, 2.45) is 17.8 Å². The Hall–Kier alpha value is -0.193. The van der Waals surface area contributed by atoms with Crippen molar-refractivity contribution in [3.05, 3.63) is 0 Å². The second kappa shape index (κ2) is 3.67. The van der Waals surface area contributed by atoms with E-state index in [9.17, 15) is 4.79 Å². The number of carbonyl (C=O) groups is 1. The van der Waals surface area contributed by atoms with Crippen molar-refractivity contribution in [1.82, 2.24) is 0 Å². The number of ether oxygens (including phenoxy) is 1. The van der Waals surface area contributed by atoms with E-state index in [1.165, 1.54) is 0 Å². The zero-order valence-corrected chi connectivity index (χ0v) is 13.0. The fourth-order valence-electron chi connectivity index (χ4n) is 3.33. The molecule has 3 nitrogen and oxygen atoms in total. The van der Waals surface area contributed by atoms with Gasteiger partial charge in [0.1, 0.15) is 5.78 Å². The molecule has 0 amide bonds. The van der Waals surface area contributed by atoms with E-state index in [0.29, 0.717) is 23.7 Å². The van der Waals surface area contributed by atoms with E-state index in [2.05, 4.69) is 33.9 Å². The van der Waals surface area contributed by atoms with Gasteiger partial charge in [0.25, 0.3) is 0 Å². The Morgan fingerprint density at radius 3 is 2.56 bits per heavy atom. The lowest BCUT2D eigenvalue weighted by molar-refractivity contribution is -0.122. The van der Waals surface area contributed by atoms with Gasteiger partial charge in [-0.2, -0.15) is 0 Å². The summed E-state index contributed by atoms with van der Waals surface area (Å²) in [4.78, 5) is 11.9. The van der Waals surface area contributed by atoms with Crippen LogP contribution in [0.5, 0.6) is 0 Å². The zero-order chi connectivity index (χ0) is 13.3. The van der Waals surface area contributed by atoms with Gasteiger partial charge in [0.05, 0.1) is 18.1 Å². The first kappa shape index (κ1) is 12.8. The Balaban J connectivity index is 1.64. The minimum Gasteiger partial charge on any atom is -0.417 e. The highest BCUT2D eigenvalue weighted by Gasteiger charge is 2.68. The topological polar surface area (TPSA) is 38.8 Å². The van der Waals surface area contributed by atoms with Gasteiger partial charge in [0, 0.05) is 18.9 Å². The Kier molecular flexibility index (Phi) is 2.62. The van der Waals surface area contributed by atoms with Gasteiger partial charge in [-0.25, -0.2) is 0 Å². The van der Waals surface area contributed by atoms with E-state index in [0.717, 1.165) is 13.0 Å². The highest BCUT2D eigenvalue weighted by Crippen LogP contribution is 2.58. The third kappa shape index (κ3) is 1.73. The second-order valence-corrected chi connectivity index (χ2v) is 12.5. The van der Waals surface area contributed by atoms with Crippen LogP contribution < -0.4 is 0 Å². The average molecular weight is 268 g/mol. The molecule has 0 aromatic heterocycles. The predicted molar refractivity (Wildman–Crippen MR) is 71.9 cm³/mol. The highest BCUT2D eigenvalue weighted by molar-refractivity contribution is 6.74. The number of carbonyl (C=O) groups excluding carboxylic acids is 1. The van der Waals surface area contributed by atoms with Crippen molar-refractivity contribution in [3.63, 3.8) is 0 Å². The molecule has 2 aliphatic carbocycles. The van der Waals surface area contributed by atoms with Crippen molar-refractivity contribution < 1.29 is 14.0 Å². The van der Waals surface area contributed by atoms with Gasteiger partial charge in [0.2, 0.25) is 0 Å². The maximum Gasteiger partial charge on any atom is 0.191 e. The lowest BCUT2D eigenvalue weighted by Gasteiger charge is -2.37. The largest absolute Gasteiger partial charge is 0.417 e. The van der Waals surface area contributed by atoms with Crippen LogP contribution in [0.3, 0.4) is 0 Å². The zero-order valence-electron chi connectivity index (χ0n) is 12.0. The first-order chi connectivity index (χ1) is 8.22. The van der Waals surface area contributed by atoms with Crippen LogP contribution >= 0.6 is 0 Å². The van der Waals surface area contributed by atoms with Crippen LogP contribution in [0.1, 0.15) is 27.2 Å². The summed E-state index contributed by atoms with van der Waals surface area (Å²) in [5.41, 5.74) is 0. The summed E-state index contributed by atoms with van der Waals surface area (Å²) >= 11 is 0. The Morgan fingerprint density at radius 2 is 2.00 bits per heavy atom. The van der Waals surface area contributed by atoms with Gasteiger partial charge in [-0.05, 0) is 24.1 Å². The number of rotatable bonds is 3. The van der Waals surface area contributed by atoms with Crippen molar-refractivity contribution >= 4 is 14.1 Å². The third-order valence-corrected chi connectivity index (χ3v) is 10.1. The monoisotopic (exact) mass is 268 g/mol. The number of fused-ring (bicyclic) bond motifs is 5. The van der Waals surface area contributed by atoms with E-state index in [4.69, 9.17) is 9.16 Å². The van der Waals surface area contributed by atoms with E-state index in [1.54, 1.807) is 0 Å². The van der Waals surface area contributed by atoms with Crippen LogP contribution in [-0.4, -0.2) is 32.9 Å². The fraction of sp³-hybridized carbons (Fsp3) is 0.929. The Labute approximate surface area is 110 Å². The number of ketones is 1. The highest BCUT2D eigenvalue weighted by atomic mass is 28.4. The molecule has 0 aromatic carbocycles. The molecule has 1 heterocycles. The lowest BCUT2D eigenvalue weighted by atomic mass is 9.97. The predicted octanol–water partition coefficient (Wildman–Crippen LogP) is 2.61. The molecule has 4 heteroatoms. The van der Waals surface area contributed by atoms with Crippen LogP contribution in [0.2, 0.25) is 18.1 Å². The summed E-state index contributed by atoms with van der Waals surface area (Å²) in [7, 11) is -1.69. The molecule has 2 saturated carbocycles. The molecule has 0 radical (unpaired) electrons. The van der Waals surface area contributed by atoms with Crippen molar-refractivity contribution in [1.29, 1.82) is 0 Å². The van der Waals surface area contributed by atoms with Crippen molar-refractivity contribution in [3.8, 4) is 0 Å². The number of hydrogen-bond acceptors (Lipinski definition) is 3. The van der Waals surface area contributed by atoms with Gasteiger partial charge < -0.3 is 9.16 Å². The third-order valence-electron chi connectivity index (χ3n) is 5.60. The molecule has 0 spiro atoms. The Bertz CT molecular complexity index is 385. The molecule has 0 unspecified atom stereocenters. The molecule has 3 rings (SSSR count). The molecule has 18 heavy (non-hydrogen) atoms. The first-order valence-corrected chi connectivity index (χ1v) is 9.95. The molecular formula is C14H24O3Si. The molecule has 0 N–H and O–H groups in total. The summed E-state index contributed by atoms with van der Waals surface area (Å²) in [6.07, 6.45) is 1.38. The molecule has 3 aliphatic rings. The lowest BCUT2D eigenvalue weighted by Crippen LogP contribution is -2.42. The van der Waals surface area contributed by atoms with Crippen LogP contribution in [0.25, 0.3) is 0 Å². The molecule has 1 aliphatic heterocycles. The summed E-state index contributed by atoms with van der Waals surface area (Å²) in [5, 5.41) is 0.244. The second-order valence-electron chi connectivity index (χ2n) is 7.66. The number of hydrogen-bond donors (Lipinski definition) is 0. The van der Waals surface area contributed by atoms with Crippen LogP contribution in [0.4, 0.5) is 0 Å². The van der Waals surface area contributed by atoms with Crippen molar-refractivity contribution in [2.75, 3.05) is 6.61 Å². The van der Waals surface area contributed by atoms with E-state index < -0.39 is 8.32 Å². The molecular weight excluding hydrogens is 244 g/mol. The maximum absolute atomic E-state index is 11.9. The van der Waals surface area contributed by atoms with Crippen LogP contribution in [0.15, 0.2) is 0 Å². The van der Waals surface area contributed by atoms with Gasteiger partial charge in [-0.15, -0.1) is 0 Å². The van der Waals surface area contributed by atoms with Gasteiger partial charge in [0.15, 0.2) is 8.32 Å². The standard InChI is InChI=1S/C14H24O3Si/c1-14(2,3)18(4,5)16-7-9-8-6-10(15)11(9)13-12(8)17-13/h8-9,11-13H,6-7H2,1-5H3/t8-,9+,11-,12+,13-/m1/s1. The first-order valence-electron chi connectivity index (χ1n) is 7.04. The summed E-state index contributed by atoms with van der Waals surface area (Å²) < 4.78 is 11.9. The summed E-state index contributed by atoms with van der Waals surface area (Å²) in [6, 6.07) is 0. The number of Topliss-reactive ketones (excluding diaryl/α,β-unsaturated/α-hetero) is 1. The summed E-state index contributed by atoms with van der Waals surface area (Å²) in [5.74, 6) is 1.47. The number of epoxide rings is 1. The van der Waals surface area contributed by atoms with Gasteiger partial charge in [-0.1, -0.05) is 20.8 Å². The summed E-state index contributed by atoms with van der Waals surface area (Å²) in [6.45, 7) is 12.1. The average Bonchev–Trinajstić information content (AvgIpc) is 2.88. The molecule has 3 fully saturated rings. The molecule has 2 bridgehead atoms. The molecule has 0 aromatic rings. The SMILES string of the molecule is CC(C)(C)[Si](C)(C)OC[C@H]1[C@H]2CC(=O)[C@@H]1[C@H]1O[C@@H]21. The molecule has 5 atom stereocenters. The van der Waals surface area contributed by atoms with Gasteiger partial charge >= 0.3 is 0 Å². The molecule has 1 saturated heterocycles. The normalized spacial score (nSPS) is 42.3.